The van der Waals surface area contributed by atoms with Crippen molar-refractivity contribution in [2.45, 2.75) is 31.6 Å². The molecule has 3 N–H and O–H groups in total. The lowest BCUT2D eigenvalue weighted by atomic mass is 9.93. The molecule has 0 bridgehead atoms. The molecule has 0 aliphatic heterocycles. The number of benzene rings is 3. The number of carbonyl (C=O) groups is 2. The Balaban J connectivity index is 1.24. The second-order valence-electron chi connectivity index (χ2n) is 10.3. The first-order valence-electron chi connectivity index (χ1n) is 13.1. The molecule has 6 rings (SSSR count). The first-order chi connectivity index (χ1) is 19.3. The molecule has 198 valence electrons. The van der Waals surface area contributed by atoms with Crippen molar-refractivity contribution in [3.63, 3.8) is 0 Å². The summed E-state index contributed by atoms with van der Waals surface area (Å²) in [6.07, 6.45) is 1.91. The summed E-state index contributed by atoms with van der Waals surface area (Å²) in [4.78, 5) is 28.1. The molecular formula is C33H27N3O4. The number of hydrogen-bond acceptors (Lipinski definition) is 5. The Kier molecular flexibility index (Phi) is 6.27. The van der Waals surface area contributed by atoms with E-state index in [1.54, 1.807) is 18.2 Å². The monoisotopic (exact) mass is 529 g/mol. The number of carboxylic acid groups (broad SMARTS) is 1. The molecular weight excluding hydrogens is 502 g/mol. The molecule has 1 amide bonds. The van der Waals surface area contributed by atoms with E-state index in [-0.39, 0.29) is 0 Å². The second-order valence-corrected chi connectivity index (χ2v) is 10.3. The van der Waals surface area contributed by atoms with Gasteiger partial charge in [0.1, 0.15) is 0 Å². The van der Waals surface area contributed by atoms with Gasteiger partial charge in [-0.2, -0.15) is 0 Å². The summed E-state index contributed by atoms with van der Waals surface area (Å²) in [7, 11) is 0. The molecule has 40 heavy (non-hydrogen) atoms. The summed E-state index contributed by atoms with van der Waals surface area (Å²) >= 11 is 0. The van der Waals surface area contributed by atoms with E-state index in [0.717, 1.165) is 50.5 Å². The van der Waals surface area contributed by atoms with Gasteiger partial charge in [0.15, 0.2) is 5.76 Å². The summed E-state index contributed by atoms with van der Waals surface area (Å²) in [6.45, 7) is 1.92. The van der Waals surface area contributed by atoms with Gasteiger partial charge < -0.3 is 15.4 Å². The number of carboxylic acids is 1. The van der Waals surface area contributed by atoms with Crippen molar-refractivity contribution < 1.29 is 19.2 Å². The van der Waals surface area contributed by atoms with Crippen LogP contribution in [0.1, 0.15) is 45.7 Å². The SMILES string of the molecule is Cc1noc(-c2ccc(-c3ccc(C4(C(=O)O)CC4)cc3)cc2)c1Cc1cccc(-c2cccc(C(N)=O)c2)n1. The lowest BCUT2D eigenvalue weighted by molar-refractivity contribution is -0.140. The van der Waals surface area contributed by atoms with Gasteiger partial charge in [-0.05, 0) is 60.7 Å². The van der Waals surface area contributed by atoms with Crippen molar-refractivity contribution in [2.75, 3.05) is 0 Å². The Morgan fingerprint density at radius 1 is 0.875 bits per heavy atom. The molecule has 7 nitrogen and oxygen atoms in total. The average Bonchev–Trinajstić information content (AvgIpc) is 3.73. The molecule has 0 spiro atoms. The summed E-state index contributed by atoms with van der Waals surface area (Å²) in [5.74, 6) is -0.531. The highest BCUT2D eigenvalue weighted by Crippen LogP contribution is 2.48. The molecule has 5 aromatic rings. The average molecular weight is 530 g/mol. The van der Waals surface area contributed by atoms with E-state index in [4.69, 9.17) is 15.2 Å². The second kappa shape index (κ2) is 9.93. The van der Waals surface area contributed by atoms with Crippen LogP contribution in [0.5, 0.6) is 0 Å². The van der Waals surface area contributed by atoms with E-state index < -0.39 is 17.3 Å². The summed E-state index contributed by atoms with van der Waals surface area (Å²) in [5.41, 5.74) is 13.2. The maximum Gasteiger partial charge on any atom is 0.314 e. The number of nitrogens with two attached hydrogens (primary N) is 1. The van der Waals surface area contributed by atoms with Crippen molar-refractivity contribution in [1.82, 2.24) is 10.1 Å². The van der Waals surface area contributed by atoms with E-state index in [1.807, 2.05) is 79.7 Å². The fourth-order valence-electron chi connectivity index (χ4n) is 5.12. The third-order valence-electron chi connectivity index (χ3n) is 7.67. The van der Waals surface area contributed by atoms with E-state index in [0.29, 0.717) is 30.6 Å². The molecule has 2 heterocycles. The molecule has 7 heteroatoms. The van der Waals surface area contributed by atoms with Crippen LogP contribution in [-0.4, -0.2) is 27.1 Å². The molecule has 1 fully saturated rings. The van der Waals surface area contributed by atoms with Gasteiger partial charge >= 0.3 is 5.97 Å². The van der Waals surface area contributed by atoms with Crippen molar-refractivity contribution in [3.05, 3.63) is 119 Å². The molecule has 3 aromatic carbocycles. The highest BCUT2D eigenvalue weighted by atomic mass is 16.5. The minimum atomic E-state index is -0.748. The van der Waals surface area contributed by atoms with Crippen LogP contribution >= 0.6 is 0 Å². The maximum atomic E-state index is 11.6. The van der Waals surface area contributed by atoms with E-state index in [1.165, 1.54) is 0 Å². The first kappa shape index (κ1) is 25.2. The van der Waals surface area contributed by atoms with Gasteiger partial charge in [-0.25, -0.2) is 0 Å². The number of aromatic nitrogens is 2. The van der Waals surface area contributed by atoms with Crippen molar-refractivity contribution in [3.8, 4) is 33.7 Å². The van der Waals surface area contributed by atoms with Crippen LogP contribution in [-0.2, 0) is 16.6 Å². The van der Waals surface area contributed by atoms with Crippen molar-refractivity contribution in [1.29, 1.82) is 0 Å². The third-order valence-corrected chi connectivity index (χ3v) is 7.67. The zero-order valence-electron chi connectivity index (χ0n) is 21.9. The molecule has 0 radical (unpaired) electrons. The number of hydrogen-bond donors (Lipinski definition) is 2. The van der Waals surface area contributed by atoms with Crippen molar-refractivity contribution in [2.24, 2.45) is 5.73 Å². The molecule has 1 saturated carbocycles. The van der Waals surface area contributed by atoms with E-state index in [9.17, 15) is 14.7 Å². The summed E-state index contributed by atoms with van der Waals surface area (Å²) < 4.78 is 5.75. The number of aliphatic carboxylic acids is 1. The van der Waals surface area contributed by atoms with E-state index in [2.05, 4.69) is 5.16 Å². The topological polar surface area (TPSA) is 119 Å². The van der Waals surface area contributed by atoms with Crippen LogP contribution in [0.3, 0.4) is 0 Å². The number of carbonyl (C=O) groups excluding carboxylic acids is 1. The van der Waals surface area contributed by atoms with Crippen LogP contribution in [0.25, 0.3) is 33.7 Å². The van der Waals surface area contributed by atoms with Crippen LogP contribution in [0.15, 0.2) is 95.5 Å². The smallest absolute Gasteiger partial charge is 0.314 e. The minimum Gasteiger partial charge on any atom is -0.481 e. The molecule has 2 aromatic heterocycles. The first-order valence-corrected chi connectivity index (χ1v) is 13.1. The number of rotatable bonds is 8. The van der Waals surface area contributed by atoms with Crippen LogP contribution in [0.4, 0.5) is 0 Å². The Bertz CT molecular complexity index is 1730. The largest absolute Gasteiger partial charge is 0.481 e. The van der Waals surface area contributed by atoms with Crippen LogP contribution in [0, 0.1) is 6.92 Å². The highest BCUT2D eigenvalue weighted by molar-refractivity contribution is 5.94. The predicted molar refractivity (Wildman–Crippen MR) is 152 cm³/mol. The van der Waals surface area contributed by atoms with Gasteiger partial charge in [0.25, 0.3) is 0 Å². The third kappa shape index (κ3) is 4.66. The van der Waals surface area contributed by atoms with E-state index >= 15 is 0 Å². The van der Waals surface area contributed by atoms with Crippen molar-refractivity contribution >= 4 is 11.9 Å². The normalized spacial score (nSPS) is 13.6. The summed E-state index contributed by atoms with van der Waals surface area (Å²) in [5, 5.41) is 13.8. The molecule has 1 aliphatic rings. The van der Waals surface area contributed by atoms with Gasteiger partial charge in [0, 0.05) is 34.4 Å². The lowest BCUT2D eigenvalue weighted by Crippen LogP contribution is -2.19. The molecule has 0 atom stereocenters. The number of pyridine rings is 1. The lowest BCUT2D eigenvalue weighted by Gasteiger charge is -2.11. The zero-order chi connectivity index (χ0) is 27.9. The number of nitrogens with zero attached hydrogens (tertiary/aromatic N) is 2. The van der Waals surface area contributed by atoms with Gasteiger partial charge in [0.05, 0.1) is 16.8 Å². The Morgan fingerprint density at radius 3 is 2.17 bits per heavy atom. The molecule has 0 saturated heterocycles. The van der Waals surface area contributed by atoms with Gasteiger partial charge in [-0.1, -0.05) is 71.9 Å². The quantitative estimate of drug-likeness (QED) is 0.248. The molecule has 0 unspecified atom stereocenters. The predicted octanol–water partition coefficient (Wildman–Crippen LogP) is 6.18. The van der Waals surface area contributed by atoms with Crippen LogP contribution in [0.2, 0.25) is 0 Å². The van der Waals surface area contributed by atoms with Gasteiger partial charge in [-0.3, -0.25) is 14.6 Å². The van der Waals surface area contributed by atoms with Gasteiger partial charge in [0.2, 0.25) is 5.91 Å². The fraction of sp³-hybridized carbons (Fsp3) is 0.152. The Hall–Kier alpha value is -5.04. The number of amides is 1. The number of aryl methyl sites for hydroxylation is 1. The Morgan fingerprint density at radius 2 is 1.52 bits per heavy atom. The van der Waals surface area contributed by atoms with Gasteiger partial charge in [-0.15, -0.1) is 0 Å². The maximum absolute atomic E-state index is 11.6. The standard InChI is InChI=1S/C33H27N3O4/c1-20-28(19-27-6-3-7-29(35-27)24-4-2-5-25(18-24)31(34)37)30(40-36-20)23-10-8-21(9-11-23)22-12-14-26(15-13-22)33(16-17-33)32(38)39/h2-15,18H,16-17,19H2,1H3,(H2,34,37)(H,38,39). The zero-order valence-corrected chi connectivity index (χ0v) is 21.9. The summed E-state index contributed by atoms with van der Waals surface area (Å²) in [6, 6.07) is 28.8. The fourth-order valence-corrected chi connectivity index (χ4v) is 5.12. The highest BCUT2D eigenvalue weighted by Gasteiger charge is 2.51. The Labute approximate surface area is 231 Å². The van der Waals surface area contributed by atoms with Crippen LogP contribution < -0.4 is 5.73 Å². The minimum absolute atomic E-state index is 0.438. The molecule has 1 aliphatic carbocycles. The number of primary amides is 1.